The fraction of sp³-hybridized carbons (Fsp3) is 0.273. The van der Waals surface area contributed by atoms with E-state index in [1.807, 2.05) is 58.0 Å². The van der Waals surface area contributed by atoms with Gasteiger partial charge in [-0.15, -0.1) is 0 Å². The first kappa shape index (κ1) is 18.9. The smallest absolute Gasteiger partial charge is 0.339 e. The van der Waals surface area contributed by atoms with Crippen LogP contribution in [0, 0.1) is 13.8 Å². The van der Waals surface area contributed by atoms with Gasteiger partial charge >= 0.3 is 5.97 Å². The third-order valence-corrected chi connectivity index (χ3v) is 4.74. The minimum absolute atomic E-state index is 0.0314. The maximum atomic E-state index is 12.9. The Morgan fingerprint density at radius 1 is 1.17 bits per heavy atom. The molecule has 0 aliphatic rings. The van der Waals surface area contributed by atoms with E-state index in [1.54, 1.807) is 16.9 Å². The van der Waals surface area contributed by atoms with Crippen molar-refractivity contribution < 1.29 is 13.9 Å². The Labute approximate surface area is 168 Å². The molecule has 0 radical (unpaired) electrons. The van der Waals surface area contributed by atoms with Gasteiger partial charge in [0.2, 0.25) is 5.89 Å². The minimum Gasteiger partial charge on any atom is -0.452 e. The van der Waals surface area contributed by atoms with E-state index in [2.05, 4.69) is 10.1 Å². The molecule has 29 heavy (non-hydrogen) atoms. The van der Waals surface area contributed by atoms with Crippen molar-refractivity contribution in [3.8, 4) is 11.3 Å². The van der Waals surface area contributed by atoms with Crippen molar-refractivity contribution in [1.29, 1.82) is 0 Å². The molecule has 0 N–H and O–H groups in total. The van der Waals surface area contributed by atoms with Gasteiger partial charge in [-0.2, -0.15) is 5.10 Å². The second-order valence-corrected chi connectivity index (χ2v) is 7.17. The van der Waals surface area contributed by atoms with Gasteiger partial charge in [-0.05, 0) is 33.8 Å². The molecule has 148 valence electrons. The number of ether oxygens (including phenoxy) is 1. The van der Waals surface area contributed by atoms with Crippen molar-refractivity contribution in [2.45, 2.75) is 40.3 Å². The minimum atomic E-state index is -0.466. The number of hydrogen-bond acceptors (Lipinski definition) is 6. The van der Waals surface area contributed by atoms with Gasteiger partial charge in [0.1, 0.15) is 5.76 Å². The Kier molecular flexibility index (Phi) is 4.88. The molecule has 0 atom stereocenters. The largest absolute Gasteiger partial charge is 0.452 e. The van der Waals surface area contributed by atoms with E-state index in [1.165, 1.54) is 0 Å². The Balaban J connectivity index is 1.74. The monoisotopic (exact) mass is 390 g/mol. The Morgan fingerprint density at radius 3 is 2.59 bits per heavy atom. The summed E-state index contributed by atoms with van der Waals surface area (Å²) < 4.78 is 12.8. The number of aryl methyl sites for hydroxylation is 2. The molecule has 7 nitrogen and oxygen atoms in total. The number of aromatic nitrogens is 4. The van der Waals surface area contributed by atoms with E-state index in [9.17, 15) is 4.79 Å². The first-order valence-electron chi connectivity index (χ1n) is 9.47. The average Bonchev–Trinajstić information content (AvgIpc) is 3.29. The molecule has 3 heterocycles. The van der Waals surface area contributed by atoms with Crippen LogP contribution >= 0.6 is 0 Å². The highest BCUT2D eigenvalue weighted by atomic mass is 16.5. The number of carbonyl (C=O) groups excluding carboxylic acids is 1. The van der Waals surface area contributed by atoms with Gasteiger partial charge in [-0.25, -0.2) is 19.4 Å². The molecule has 4 aromatic rings. The predicted molar refractivity (Wildman–Crippen MR) is 108 cm³/mol. The van der Waals surface area contributed by atoms with Gasteiger partial charge in [0.15, 0.2) is 12.3 Å². The van der Waals surface area contributed by atoms with Crippen molar-refractivity contribution in [3.63, 3.8) is 0 Å². The first-order chi connectivity index (χ1) is 13.9. The Morgan fingerprint density at radius 2 is 1.93 bits per heavy atom. The van der Waals surface area contributed by atoms with Crippen LogP contribution in [-0.2, 0) is 11.3 Å². The van der Waals surface area contributed by atoms with Gasteiger partial charge in [-0.1, -0.05) is 30.3 Å². The van der Waals surface area contributed by atoms with Crippen molar-refractivity contribution in [2.24, 2.45) is 0 Å². The van der Waals surface area contributed by atoms with E-state index in [-0.39, 0.29) is 12.6 Å². The summed E-state index contributed by atoms with van der Waals surface area (Å²) in [7, 11) is 0. The lowest BCUT2D eigenvalue weighted by molar-refractivity contribution is 0.0439. The van der Waals surface area contributed by atoms with Crippen LogP contribution in [0.3, 0.4) is 0 Å². The lowest BCUT2D eigenvalue weighted by Gasteiger charge is -2.10. The van der Waals surface area contributed by atoms with E-state index in [4.69, 9.17) is 14.1 Å². The molecule has 0 fully saturated rings. The molecule has 0 saturated heterocycles. The van der Waals surface area contributed by atoms with Crippen molar-refractivity contribution in [1.82, 2.24) is 19.7 Å². The maximum Gasteiger partial charge on any atom is 0.339 e. The number of fused-ring (bicyclic) bond motifs is 1. The highest BCUT2D eigenvalue weighted by Crippen LogP contribution is 2.27. The van der Waals surface area contributed by atoms with Crippen LogP contribution in [0.5, 0.6) is 0 Å². The molecule has 1 aromatic carbocycles. The molecule has 0 bridgehead atoms. The van der Waals surface area contributed by atoms with Crippen LogP contribution in [0.4, 0.5) is 0 Å². The highest BCUT2D eigenvalue weighted by molar-refractivity contribution is 6.03. The molecule has 0 saturated carbocycles. The van der Waals surface area contributed by atoms with Crippen LogP contribution < -0.4 is 0 Å². The van der Waals surface area contributed by atoms with E-state index in [0.29, 0.717) is 33.9 Å². The molecule has 3 aromatic heterocycles. The third kappa shape index (κ3) is 3.63. The molecule has 0 unspecified atom stereocenters. The van der Waals surface area contributed by atoms with Gasteiger partial charge in [-0.3, -0.25) is 0 Å². The van der Waals surface area contributed by atoms with E-state index >= 15 is 0 Å². The number of rotatable bonds is 5. The summed E-state index contributed by atoms with van der Waals surface area (Å²) in [6, 6.07) is 11.6. The summed E-state index contributed by atoms with van der Waals surface area (Å²) >= 11 is 0. The standard InChI is InChI=1S/C22H22N4O3/c1-13(2)26-21-18(11-23-26)17(10-19(25-21)16-8-6-5-7-9-16)22(27)28-12-20-24-14(3)15(4)29-20/h5-11,13H,12H2,1-4H3. The summed E-state index contributed by atoms with van der Waals surface area (Å²) in [4.78, 5) is 22.0. The van der Waals surface area contributed by atoms with Crippen molar-refractivity contribution >= 4 is 17.0 Å². The number of benzene rings is 1. The second-order valence-electron chi connectivity index (χ2n) is 7.17. The van der Waals surface area contributed by atoms with Gasteiger partial charge in [0.25, 0.3) is 0 Å². The average molecular weight is 390 g/mol. The first-order valence-corrected chi connectivity index (χ1v) is 9.47. The zero-order valence-electron chi connectivity index (χ0n) is 16.8. The molecular formula is C22H22N4O3. The number of nitrogens with zero attached hydrogens (tertiary/aromatic N) is 4. The molecule has 7 heteroatoms. The Bertz CT molecular complexity index is 1160. The summed E-state index contributed by atoms with van der Waals surface area (Å²) in [5.74, 6) is 0.623. The lowest BCUT2D eigenvalue weighted by atomic mass is 10.1. The van der Waals surface area contributed by atoms with Crippen LogP contribution in [0.25, 0.3) is 22.3 Å². The number of carbonyl (C=O) groups is 1. The van der Waals surface area contributed by atoms with Crippen molar-refractivity contribution in [2.75, 3.05) is 0 Å². The topological polar surface area (TPSA) is 83.0 Å². The number of hydrogen-bond donors (Lipinski definition) is 0. The molecule has 0 spiro atoms. The maximum absolute atomic E-state index is 12.9. The molecule has 4 rings (SSSR count). The van der Waals surface area contributed by atoms with Crippen LogP contribution in [-0.4, -0.2) is 25.7 Å². The van der Waals surface area contributed by atoms with Gasteiger partial charge in [0.05, 0.1) is 28.5 Å². The zero-order chi connectivity index (χ0) is 20.5. The van der Waals surface area contributed by atoms with Gasteiger partial charge < -0.3 is 9.15 Å². The number of pyridine rings is 1. The molecule has 0 amide bonds. The summed E-state index contributed by atoms with van der Waals surface area (Å²) in [5, 5.41) is 5.08. The predicted octanol–water partition coefficient (Wildman–Crippen LogP) is 4.64. The lowest BCUT2D eigenvalue weighted by Crippen LogP contribution is -2.08. The normalized spacial score (nSPS) is 11.3. The summed E-state index contributed by atoms with van der Waals surface area (Å²) in [6.07, 6.45) is 1.66. The fourth-order valence-corrected chi connectivity index (χ4v) is 3.13. The second kappa shape index (κ2) is 7.50. The van der Waals surface area contributed by atoms with Crippen LogP contribution in [0.15, 0.2) is 47.0 Å². The fourth-order valence-electron chi connectivity index (χ4n) is 3.13. The number of oxazole rings is 1. The highest BCUT2D eigenvalue weighted by Gasteiger charge is 2.20. The third-order valence-electron chi connectivity index (χ3n) is 4.74. The Hall–Kier alpha value is -3.48. The van der Waals surface area contributed by atoms with Crippen molar-refractivity contribution in [3.05, 3.63) is 65.5 Å². The quantitative estimate of drug-likeness (QED) is 0.462. The molecular weight excluding hydrogens is 368 g/mol. The van der Waals surface area contributed by atoms with Crippen LogP contribution in [0.2, 0.25) is 0 Å². The molecule has 0 aliphatic carbocycles. The summed E-state index contributed by atoms with van der Waals surface area (Å²) in [5.41, 5.74) is 3.46. The van der Waals surface area contributed by atoms with E-state index < -0.39 is 5.97 Å². The SMILES string of the molecule is Cc1nc(COC(=O)c2cc(-c3ccccc3)nc3c2cnn3C(C)C)oc1C. The van der Waals surface area contributed by atoms with E-state index in [0.717, 1.165) is 11.3 Å². The van der Waals surface area contributed by atoms with Crippen LogP contribution in [0.1, 0.15) is 47.6 Å². The zero-order valence-corrected chi connectivity index (χ0v) is 16.8. The molecule has 0 aliphatic heterocycles. The number of esters is 1. The summed E-state index contributed by atoms with van der Waals surface area (Å²) in [6.45, 7) is 7.69. The van der Waals surface area contributed by atoms with Gasteiger partial charge in [0, 0.05) is 11.6 Å².